The SMILES string of the molecule is COC1CCCC(Nc2nnc(C)s2)C1. The summed E-state index contributed by atoms with van der Waals surface area (Å²) in [6.07, 6.45) is 5.11. The molecule has 0 spiro atoms. The van der Waals surface area contributed by atoms with Crippen molar-refractivity contribution in [2.75, 3.05) is 12.4 Å². The van der Waals surface area contributed by atoms with Gasteiger partial charge in [-0.15, -0.1) is 10.2 Å². The number of aryl methyl sites for hydroxylation is 1. The zero-order valence-corrected chi connectivity index (χ0v) is 10.0. The molecule has 0 amide bonds. The van der Waals surface area contributed by atoms with Crippen LogP contribution in [0.15, 0.2) is 0 Å². The molecule has 1 saturated carbocycles. The summed E-state index contributed by atoms with van der Waals surface area (Å²) in [7, 11) is 1.79. The number of aromatic nitrogens is 2. The average molecular weight is 227 g/mol. The molecule has 4 nitrogen and oxygen atoms in total. The maximum absolute atomic E-state index is 5.39. The Hall–Kier alpha value is -0.680. The zero-order valence-electron chi connectivity index (χ0n) is 9.19. The quantitative estimate of drug-likeness (QED) is 0.860. The van der Waals surface area contributed by atoms with Crippen LogP contribution in [0, 0.1) is 6.92 Å². The van der Waals surface area contributed by atoms with Gasteiger partial charge < -0.3 is 10.1 Å². The van der Waals surface area contributed by atoms with Crippen LogP contribution in [0.4, 0.5) is 5.13 Å². The fourth-order valence-electron chi connectivity index (χ4n) is 2.02. The molecule has 1 heterocycles. The molecular weight excluding hydrogens is 210 g/mol. The molecule has 0 saturated heterocycles. The smallest absolute Gasteiger partial charge is 0.205 e. The molecule has 0 aromatic carbocycles. The molecule has 1 aromatic heterocycles. The maximum atomic E-state index is 5.39. The summed E-state index contributed by atoms with van der Waals surface area (Å²) in [5.74, 6) is 0. The number of hydrogen-bond acceptors (Lipinski definition) is 5. The molecule has 1 aliphatic carbocycles. The van der Waals surface area contributed by atoms with Crippen molar-refractivity contribution in [3.05, 3.63) is 5.01 Å². The van der Waals surface area contributed by atoms with Crippen LogP contribution in [-0.4, -0.2) is 29.5 Å². The Morgan fingerprint density at radius 3 is 2.93 bits per heavy atom. The maximum Gasteiger partial charge on any atom is 0.205 e. The van der Waals surface area contributed by atoms with Crippen LogP contribution < -0.4 is 5.32 Å². The van der Waals surface area contributed by atoms with Crippen molar-refractivity contribution in [3.63, 3.8) is 0 Å². The minimum Gasteiger partial charge on any atom is -0.381 e. The number of hydrogen-bond donors (Lipinski definition) is 1. The Balaban J connectivity index is 1.88. The molecule has 2 atom stereocenters. The Morgan fingerprint density at radius 2 is 2.27 bits per heavy atom. The summed E-state index contributed by atoms with van der Waals surface area (Å²) >= 11 is 1.62. The van der Waals surface area contributed by atoms with Gasteiger partial charge in [0.25, 0.3) is 0 Å². The van der Waals surface area contributed by atoms with Gasteiger partial charge in [0.05, 0.1) is 6.10 Å². The third-order valence-electron chi connectivity index (χ3n) is 2.81. The zero-order chi connectivity index (χ0) is 10.7. The van der Waals surface area contributed by atoms with E-state index in [0.717, 1.165) is 16.6 Å². The number of nitrogens with one attached hydrogen (secondary N) is 1. The molecule has 1 aliphatic rings. The fourth-order valence-corrected chi connectivity index (χ4v) is 2.69. The van der Waals surface area contributed by atoms with Crippen molar-refractivity contribution in [1.29, 1.82) is 0 Å². The molecule has 0 bridgehead atoms. The lowest BCUT2D eigenvalue weighted by atomic mass is 9.93. The van der Waals surface area contributed by atoms with Crippen LogP contribution in [0.2, 0.25) is 0 Å². The lowest BCUT2D eigenvalue weighted by molar-refractivity contribution is 0.0669. The number of nitrogens with zero attached hydrogens (tertiary/aromatic N) is 2. The third-order valence-corrected chi connectivity index (χ3v) is 3.58. The molecule has 84 valence electrons. The lowest BCUT2D eigenvalue weighted by Gasteiger charge is -2.28. The van der Waals surface area contributed by atoms with E-state index >= 15 is 0 Å². The van der Waals surface area contributed by atoms with E-state index in [0.29, 0.717) is 12.1 Å². The highest BCUT2D eigenvalue weighted by Gasteiger charge is 2.22. The predicted octanol–water partition coefficient (Wildman–Crippen LogP) is 2.22. The van der Waals surface area contributed by atoms with E-state index in [4.69, 9.17) is 4.74 Å². The molecule has 2 rings (SSSR count). The van der Waals surface area contributed by atoms with Gasteiger partial charge in [0.15, 0.2) is 0 Å². The van der Waals surface area contributed by atoms with Gasteiger partial charge in [-0.3, -0.25) is 0 Å². The highest BCUT2D eigenvalue weighted by Crippen LogP contribution is 2.24. The molecule has 0 radical (unpaired) electrons. The van der Waals surface area contributed by atoms with Crippen molar-refractivity contribution in [2.45, 2.75) is 44.8 Å². The first-order valence-corrected chi connectivity index (χ1v) is 6.19. The van der Waals surface area contributed by atoms with Crippen LogP contribution in [0.25, 0.3) is 0 Å². The second kappa shape index (κ2) is 4.90. The molecule has 1 aromatic rings. The first kappa shape index (κ1) is 10.8. The van der Waals surface area contributed by atoms with Crippen molar-refractivity contribution in [1.82, 2.24) is 10.2 Å². The Kier molecular flexibility index (Phi) is 3.53. The van der Waals surface area contributed by atoms with E-state index in [1.165, 1.54) is 19.3 Å². The Bertz CT molecular complexity index is 315. The summed E-state index contributed by atoms with van der Waals surface area (Å²) in [6, 6.07) is 0.496. The standard InChI is InChI=1S/C10H17N3OS/c1-7-12-13-10(15-7)11-8-4-3-5-9(6-8)14-2/h8-9H,3-6H2,1-2H3,(H,11,13). The second-order valence-corrected chi connectivity index (χ2v) is 5.17. The minimum atomic E-state index is 0.408. The van der Waals surface area contributed by atoms with Gasteiger partial charge >= 0.3 is 0 Å². The van der Waals surface area contributed by atoms with Crippen molar-refractivity contribution >= 4 is 16.5 Å². The number of rotatable bonds is 3. The lowest BCUT2D eigenvalue weighted by Crippen LogP contribution is -2.30. The van der Waals surface area contributed by atoms with Gasteiger partial charge in [0, 0.05) is 13.2 Å². The highest BCUT2D eigenvalue weighted by atomic mass is 32.1. The Labute approximate surface area is 94.1 Å². The molecular formula is C10H17N3OS. The Morgan fingerprint density at radius 1 is 1.40 bits per heavy atom. The van der Waals surface area contributed by atoms with Gasteiger partial charge in [-0.25, -0.2) is 0 Å². The van der Waals surface area contributed by atoms with Gasteiger partial charge in [-0.2, -0.15) is 0 Å². The first-order valence-electron chi connectivity index (χ1n) is 5.37. The molecule has 2 unspecified atom stereocenters. The van der Waals surface area contributed by atoms with Gasteiger partial charge in [-0.05, 0) is 32.6 Å². The predicted molar refractivity (Wildman–Crippen MR) is 61.3 cm³/mol. The first-order chi connectivity index (χ1) is 7.28. The van der Waals surface area contributed by atoms with E-state index < -0.39 is 0 Å². The van der Waals surface area contributed by atoms with Gasteiger partial charge in [-0.1, -0.05) is 11.3 Å². The molecule has 15 heavy (non-hydrogen) atoms. The van der Waals surface area contributed by atoms with Crippen LogP contribution in [-0.2, 0) is 4.74 Å². The number of methoxy groups -OCH3 is 1. The van der Waals surface area contributed by atoms with Crippen LogP contribution in [0.5, 0.6) is 0 Å². The van der Waals surface area contributed by atoms with Crippen LogP contribution in [0.1, 0.15) is 30.7 Å². The number of ether oxygens (including phenoxy) is 1. The minimum absolute atomic E-state index is 0.408. The highest BCUT2D eigenvalue weighted by molar-refractivity contribution is 7.15. The van der Waals surface area contributed by atoms with Crippen LogP contribution in [0.3, 0.4) is 0 Å². The topological polar surface area (TPSA) is 47.0 Å². The van der Waals surface area contributed by atoms with E-state index in [1.54, 1.807) is 18.4 Å². The van der Waals surface area contributed by atoms with Crippen molar-refractivity contribution in [3.8, 4) is 0 Å². The van der Waals surface area contributed by atoms with E-state index in [9.17, 15) is 0 Å². The molecule has 5 heteroatoms. The van der Waals surface area contributed by atoms with E-state index in [-0.39, 0.29) is 0 Å². The fraction of sp³-hybridized carbons (Fsp3) is 0.800. The largest absolute Gasteiger partial charge is 0.381 e. The average Bonchev–Trinajstić information content (AvgIpc) is 2.64. The molecule has 1 N–H and O–H groups in total. The second-order valence-electron chi connectivity index (χ2n) is 3.99. The molecule has 0 aliphatic heterocycles. The van der Waals surface area contributed by atoms with Crippen LogP contribution >= 0.6 is 11.3 Å². The number of anilines is 1. The summed E-state index contributed by atoms with van der Waals surface area (Å²) in [4.78, 5) is 0. The normalized spacial score (nSPS) is 26.5. The van der Waals surface area contributed by atoms with Crippen molar-refractivity contribution < 1.29 is 4.74 Å². The van der Waals surface area contributed by atoms with Crippen molar-refractivity contribution in [2.24, 2.45) is 0 Å². The van der Waals surface area contributed by atoms with E-state index in [2.05, 4.69) is 15.5 Å². The monoisotopic (exact) mass is 227 g/mol. The molecule has 1 fully saturated rings. The summed E-state index contributed by atoms with van der Waals surface area (Å²) in [6.45, 7) is 1.97. The summed E-state index contributed by atoms with van der Waals surface area (Å²) < 4.78 is 5.39. The van der Waals surface area contributed by atoms with Gasteiger partial charge in [0.1, 0.15) is 5.01 Å². The van der Waals surface area contributed by atoms with Gasteiger partial charge in [0.2, 0.25) is 5.13 Å². The summed E-state index contributed by atoms with van der Waals surface area (Å²) in [5, 5.41) is 13.5. The summed E-state index contributed by atoms with van der Waals surface area (Å²) in [5.41, 5.74) is 0. The van der Waals surface area contributed by atoms with E-state index in [1.807, 2.05) is 6.92 Å². The third kappa shape index (κ3) is 2.89.